The number of azo groups is 1. The quantitative estimate of drug-likeness (QED) is 0.320. The van der Waals surface area contributed by atoms with Crippen LogP contribution in [0.25, 0.3) is 10.8 Å². The Hall–Kier alpha value is -3.17. The minimum Gasteiger partial charge on any atom is -0.507 e. The summed E-state index contributed by atoms with van der Waals surface area (Å²) in [5.41, 5.74) is 13.1. The van der Waals surface area contributed by atoms with Crippen molar-refractivity contribution in [2.24, 2.45) is 10.2 Å². The van der Waals surface area contributed by atoms with Crippen LogP contribution in [0, 0.1) is 0 Å². The van der Waals surface area contributed by atoms with Crippen molar-refractivity contribution in [3.05, 3.63) is 48.5 Å². The zero-order valence-corrected chi connectivity index (χ0v) is 13.6. The van der Waals surface area contributed by atoms with E-state index in [0.717, 1.165) is 6.07 Å². The summed E-state index contributed by atoms with van der Waals surface area (Å²) in [6.45, 7) is 0. The third-order valence-electron chi connectivity index (χ3n) is 3.53. The highest BCUT2D eigenvalue weighted by molar-refractivity contribution is 7.85. The summed E-state index contributed by atoms with van der Waals surface area (Å²) in [6, 6.07) is 11.8. The fraction of sp³-hybridized carbons (Fsp3) is 0. The van der Waals surface area contributed by atoms with Gasteiger partial charge < -0.3 is 16.6 Å². The molecule has 0 aliphatic rings. The molecule has 3 aromatic rings. The highest BCUT2D eigenvalue weighted by atomic mass is 32.2. The van der Waals surface area contributed by atoms with Crippen LogP contribution in [0.5, 0.6) is 5.75 Å². The Labute approximate surface area is 143 Å². The minimum absolute atomic E-state index is 0.189. The van der Waals surface area contributed by atoms with Crippen LogP contribution in [0.2, 0.25) is 0 Å². The number of phenols is 1. The SMILES string of the molecule is Nc1ccc(/N=N/c2c(N)ccc3cc(S(=O)(=O)O)cc(O)c23)cc1. The number of nitrogens with zero attached hydrogens (tertiary/aromatic N) is 2. The smallest absolute Gasteiger partial charge is 0.294 e. The topological polar surface area (TPSA) is 151 Å². The Morgan fingerprint density at radius 2 is 1.60 bits per heavy atom. The summed E-state index contributed by atoms with van der Waals surface area (Å²) in [5.74, 6) is -0.385. The first kappa shape index (κ1) is 16.7. The van der Waals surface area contributed by atoms with Gasteiger partial charge in [-0.05, 0) is 41.8 Å². The van der Waals surface area contributed by atoms with Gasteiger partial charge >= 0.3 is 0 Å². The van der Waals surface area contributed by atoms with E-state index in [-0.39, 0.29) is 22.5 Å². The summed E-state index contributed by atoms with van der Waals surface area (Å²) in [4.78, 5) is -0.427. The van der Waals surface area contributed by atoms with Crippen LogP contribution in [0.4, 0.5) is 22.7 Å². The fourth-order valence-corrected chi connectivity index (χ4v) is 2.86. The third-order valence-corrected chi connectivity index (χ3v) is 4.36. The first-order chi connectivity index (χ1) is 11.8. The molecule has 0 saturated heterocycles. The van der Waals surface area contributed by atoms with E-state index >= 15 is 0 Å². The number of hydrogen-bond acceptors (Lipinski definition) is 7. The minimum atomic E-state index is -4.46. The lowest BCUT2D eigenvalue weighted by Gasteiger charge is -2.08. The summed E-state index contributed by atoms with van der Waals surface area (Å²) in [7, 11) is -4.46. The number of hydrogen-bond donors (Lipinski definition) is 4. The predicted molar refractivity (Wildman–Crippen MR) is 94.9 cm³/mol. The monoisotopic (exact) mass is 358 g/mol. The Morgan fingerprint density at radius 3 is 2.24 bits per heavy atom. The first-order valence-corrected chi connectivity index (χ1v) is 8.50. The fourth-order valence-electron chi connectivity index (χ4n) is 2.32. The Bertz CT molecular complexity index is 1090. The maximum Gasteiger partial charge on any atom is 0.294 e. The molecule has 3 aromatic carbocycles. The molecule has 6 N–H and O–H groups in total. The van der Waals surface area contributed by atoms with E-state index in [1.54, 1.807) is 24.3 Å². The second-order valence-electron chi connectivity index (χ2n) is 5.31. The maximum atomic E-state index is 11.3. The number of nitrogens with two attached hydrogens (primary N) is 2. The average Bonchev–Trinajstić information content (AvgIpc) is 2.54. The van der Waals surface area contributed by atoms with Crippen LogP contribution in [0.3, 0.4) is 0 Å². The van der Waals surface area contributed by atoms with E-state index in [0.29, 0.717) is 16.8 Å². The largest absolute Gasteiger partial charge is 0.507 e. The van der Waals surface area contributed by atoms with E-state index in [1.165, 1.54) is 18.2 Å². The second kappa shape index (κ2) is 6.04. The Kier molecular flexibility index (Phi) is 4.03. The van der Waals surface area contributed by atoms with Crippen LogP contribution in [-0.2, 0) is 10.1 Å². The van der Waals surface area contributed by atoms with Gasteiger partial charge in [-0.25, -0.2) is 0 Å². The van der Waals surface area contributed by atoms with Gasteiger partial charge in [-0.3, -0.25) is 4.55 Å². The number of anilines is 2. The molecule has 3 rings (SSSR count). The number of phenolic OH excluding ortho intramolecular Hbond substituents is 1. The molecule has 0 heterocycles. The molecule has 0 atom stereocenters. The molecule has 128 valence electrons. The van der Waals surface area contributed by atoms with Gasteiger partial charge in [0.05, 0.1) is 21.7 Å². The molecule has 9 heteroatoms. The molecule has 8 nitrogen and oxygen atoms in total. The number of benzene rings is 3. The van der Waals surface area contributed by atoms with Crippen LogP contribution in [-0.4, -0.2) is 18.1 Å². The average molecular weight is 358 g/mol. The molecule has 0 saturated carbocycles. The van der Waals surface area contributed by atoms with Gasteiger partial charge in [-0.1, -0.05) is 6.07 Å². The normalized spacial score (nSPS) is 12.0. The molecule has 25 heavy (non-hydrogen) atoms. The Morgan fingerprint density at radius 1 is 0.920 bits per heavy atom. The first-order valence-electron chi connectivity index (χ1n) is 7.05. The van der Waals surface area contributed by atoms with Gasteiger partial charge in [0.15, 0.2) is 0 Å². The van der Waals surface area contributed by atoms with Crippen molar-refractivity contribution in [2.45, 2.75) is 4.90 Å². The molecule has 0 aliphatic heterocycles. The van der Waals surface area contributed by atoms with Crippen molar-refractivity contribution < 1.29 is 18.1 Å². The van der Waals surface area contributed by atoms with Crippen molar-refractivity contribution in [3.63, 3.8) is 0 Å². The predicted octanol–water partition coefficient (Wildman–Crippen LogP) is 3.37. The molecular formula is C16H14N4O4S. The van der Waals surface area contributed by atoms with Crippen LogP contribution in [0.1, 0.15) is 0 Å². The van der Waals surface area contributed by atoms with Crippen LogP contribution >= 0.6 is 0 Å². The lowest BCUT2D eigenvalue weighted by Crippen LogP contribution is -1.98. The molecule has 0 aliphatic carbocycles. The number of aromatic hydroxyl groups is 1. The van der Waals surface area contributed by atoms with Crippen molar-refractivity contribution >= 4 is 43.6 Å². The summed E-state index contributed by atoms with van der Waals surface area (Å²) < 4.78 is 31.7. The molecule has 0 aromatic heterocycles. The van der Waals surface area contributed by atoms with Gasteiger partial charge in [0.1, 0.15) is 11.4 Å². The van der Waals surface area contributed by atoms with Crippen molar-refractivity contribution in [2.75, 3.05) is 11.5 Å². The lowest BCUT2D eigenvalue weighted by molar-refractivity contribution is 0.471. The third kappa shape index (κ3) is 3.37. The molecule has 0 fully saturated rings. The van der Waals surface area contributed by atoms with E-state index in [1.807, 2.05) is 0 Å². The van der Waals surface area contributed by atoms with Gasteiger partial charge in [-0.2, -0.15) is 13.5 Å². The summed E-state index contributed by atoms with van der Waals surface area (Å²) in [6.07, 6.45) is 0. The van der Waals surface area contributed by atoms with Crippen molar-refractivity contribution in [1.82, 2.24) is 0 Å². The zero-order valence-electron chi connectivity index (χ0n) is 12.8. The molecular weight excluding hydrogens is 344 g/mol. The highest BCUT2D eigenvalue weighted by Gasteiger charge is 2.16. The van der Waals surface area contributed by atoms with Crippen LogP contribution in [0.15, 0.2) is 63.7 Å². The van der Waals surface area contributed by atoms with Gasteiger partial charge in [0, 0.05) is 11.8 Å². The van der Waals surface area contributed by atoms with E-state index in [4.69, 9.17) is 16.0 Å². The summed E-state index contributed by atoms with van der Waals surface area (Å²) >= 11 is 0. The molecule has 0 bridgehead atoms. The lowest BCUT2D eigenvalue weighted by atomic mass is 10.1. The van der Waals surface area contributed by atoms with E-state index in [2.05, 4.69) is 10.2 Å². The zero-order chi connectivity index (χ0) is 18.2. The summed E-state index contributed by atoms with van der Waals surface area (Å²) in [5, 5.41) is 18.9. The van der Waals surface area contributed by atoms with Crippen molar-refractivity contribution in [1.29, 1.82) is 0 Å². The van der Waals surface area contributed by atoms with Crippen molar-refractivity contribution in [3.8, 4) is 5.75 Å². The molecule has 0 radical (unpaired) electrons. The number of fused-ring (bicyclic) bond motifs is 1. The standard InChI is InChI=1S/C16H14N4O4S/c17-10-2-4-11(5-3-10)19-20-16-13(18)6-1-9-7-12(25(22,23)24)8-14(21)15(9)16/h1-8,21H,17-18H2,(H,22,23,24)/b20-19+. The second-order valence-corrected chi connectivity index (χ2v) is 6.73. The Balaban J connectivity index is 2.17. The highest BCUT2D eigenvalue weighted by Crippen LogP contribution is 2.40. The van der Waals surface area contributed by atoms with E-state index < -0.39 is 15.0 Å². The van der Waals surface area contributed by atoms with Gasteiger partial charge in [0.2, 0.25) is 0 Å². The maximum absolute atomic E-state index is 11.3. The molecule has 0 unspecified atom stereocenters. The number of nitrogen functional groups attached to an aromatic ring is 2. The van der Waals surface area contributed by atoms with E-state index in [9.17, 15) is 13.5 Å². The number of rotatable bonds is 3. The van der Waals surface area contributed by atoms with Crippen LogP contribution < -0.4 is 11.5 Å². The van der Waals surface area contributed by atoms with Gasteiger partial charge in [-0.15, -0.1) is 5.11 Å². The van der Waals surface area contributed by atoms with Gasteiger partial charge in [0.25, 0.3) is 10.1 Å². The molecule has 0 spiro atoms. The molecule has 0 amide bonds.